The number of pyridine rings is 1. The van der Waals surface area contributed by atoms with Gasteiger partial charge in [-0.15, -0.1) is 0 Å². The number of aliphatic hydroxyl groups is 1. The summed E-state index contributed by atoms with van der Waals surface area (Å²) < 4.78 is 37.1. The topological polar surface area (TPSA) is 33.1 Å². The quantitative estimate of drug-likeness (QED) is 0.895. The van der Waals surface area contributed by atoms with Crippen molar-refractivity contribution >= 4 is 15.9 Å². The number of hydrogen-bond acceptors (Lipinski definition) is 2. The molecule has 2 nitrogen and oxygen atoms in total. The molecule has 0 saturated heterocycles. The van der Waals surface area contributed by atoms with E-state index in [1.165, 1.54) is 6.07 Å². The van der Waals surface area contributed by atoms with Crippen LogP contribution >= 0.6 is 15.9 Å². The van der Waals surface area contributed by atoms with Gasteiger partial charge >= 0.3 is 6.18 Å². The Kier molecular flexibility index (Phi) is 3.49. The Balaban J connectivity index is 3.06. The lowest BCUT2D eigenvalue weighted by Crippen LogP contribution is -2.10. The summed E-state index contributed by atoms with van der Waals surface area (Å²) in [4.78, 5) is 3.40. The molecule has 0 amide bonds. The van der Waals surface area contributed by atoms with Crippen LogP contribution in [0.2, 0.25) is 0 Å². The summed E-state index contributed by atoms with van der Waals surface area (Å²) in [5.74, 6) is 0. The van der Waals surface area contributed by atoms with Gasteiger partial charge in [0.25, 0.3) is 0 Å². The molecule has 0 spiro atoms. The molecule has 6 heteroatoms. The minimum atomic E-state index is -4.44. The number of aromatic nitrogens is 1. The van der Waals surface area contributed by atoms with E-state index in [0.717, 1.165) is 6.07 Å². The van der Waals surface area contributed by atoms with Gasteiger partial charge in [-0.05, 0) is 28.1 Å². The molecule has 14 heavy (non-hydrogen) atoms. The van der Waals surface area contributed by atoms with E-state index in [-0.39, 0.29) is 18.7 Å². The largest absolute Gasteiger partial charge is 0.433 e. The first kappa shape index (κ1) is 11.5. The van der Waals surface area contributed by atoms with E-state index >= 15 is 0 Å². The lowest BCUT2D eigenvalue weighted by atomic mass is 10.2. The summed E-state index contributed by atoms with van der Waals surface area (Å²) in [6.07, 6.45) is -4.34. The van der Waals surface area contributed by atoms with Gasteiger partial charge < -0.3 is 5.11 Å². The van der Waals surface area contributed by atoms with E-state index in [9.17, 15) is 13.2 Å². The lowest BCUT2D eigenvalue weighted by Gasteiger charge is -2.08. The standard InChI is InChI=1S/C8H7BrF3NO/c9-5-1-2-7(8(10,11)12)13-6(5)3-4-14/h1-2,14H,3-4H2. The Morgan fingerprint density at radius 3 is 2.50 bits per heavy atom. The van der Waals surface area contributed by atoms with Crippen molar-refractivity contribution in [1.82, 2.24) is 4.98 Å². The molecule has 0 atom stereocenters. The molecule has 1 rings (SSSR count). The summed E-state index contributed by atoms with van der Waals surface area (Å²) in [6.45, 7) is -0.229. The molecule has 0 bridgehead atoms. The molecule has 0 unspecified atom stereocenters. The van der Waals surface area contributed by atoms with E-state index < -0.39 is 11.9 Å². The average molecular weight is 270 g/mol. The highest BCUT2D eigenvalue weighted by atomic mass is 79.9. The molecule has 0 aliphatic heterocycles. The minimum Gasteiger partial charge on any atom is -0.396 e. The third-order valence-corrected chi connectivity index (χ3v) is 2.28. The van der Waals surface area contributed by atoms with Crippen LogP contribution in [0.1, 0.15) is 11.4 Å². The van der Waals surface area contributed by atoms with Gasteiger partial charge in [0, 0.05) is 17.5 Å². The SMILES string of the molecule is OCCc1nc(C(F)(F)F)ccc1Br. The zero-order chi connectivity index (χ0) is 10.8. The lowest BCUT2D eigenvalue weighted by molar-refractivity contribution is -0.141. The Labute approximate surface area is 86.9 Å². The van der Waals surface area contributed by atoms with Crippen LogP contribution in [0.4, 0.5) is 13.2 Å². The maximum absolute atomic E-state index is 12.2. The Morgan fingerprint density at radius 2 is 2.00 bits per heavy atom. The third kappa shape index (κ3) is 2.68. The number of halogens is 4. The first-order chi connectivity index (χ1) is 6.45. The minimum absolute atomic E-state index is 0.102. The summed E-state index contributed by atoms with van der Waals surface area (Å²) in [5.41, 5.74) is -0.730. The molecule has 0 saturated carbocycles. The van der Waals surface area contributed by atoms with Gasteiger partial charge in [-0.1, -0.05) is 0 Å². The second kappa shape index (κ2) is 4.27. The van der Waals surface area contributed by atoms with Crippen LogP contribution in [0, 0.1) is 0 Å². The van der Waals surface area contributed by atoms with Crippen LogP contribution in [-0.4, -0.2) is 16.7 Å². The fourth-order valence-corrected chi connectivity index (χ4v) is 1.34. The second-order valence-corrected chi connectivity index (χ2v) is 3.45. The highest BCUT2D eigenvalue weighted by molar-refractivity contribution is 9.10. The first-order valence-electron chi connectivity index (χ1n) is 3.78. The van der Waals surface area contributed by atoms with Gasteiger partial charge in [0.1, 0.15) is 5.69 Å². The van der Waals surface area contributed by atoms with E-state index in [2.05, 4.69) is 20.9 Å². The Hall–Kier alpha value is -0.620. The highest BCUT2D eigenvalue weighted by Gasteiger charge is 2.32. The van der Waals surface area contributed by atoms with Gasteiger partial charge in [0.2, 0.25) is 0 Å². The number of aliphatic hydroxyl groups excluding tert-OH is 1. The maximum Gasteiger partial charge on any atom is 0.433 e. The van der Waals surface area contributed by atoms with Gasteiger partial charge in [-0.2, -0.15) is 13.2 Å². The van der Waals surface area contributed by atoms with E-state index in [1.807, 2.05) is 0 Å². The molecule has 0 radical (unpaired) electrons. The number of alkyl halides is 3. The van der Waals surface area contributed by atoms with Gasteiger partial charge in [0.15, 0.2) is 0 Å². The number of rotatable bonds is 2. The molecule has 0 aromatic carbocycles. The fourth-order valence-electron chi connectivity index (χ4n) is 0.923. The monoisotopic (exact) mass is 269 g/mol. The predicted molar refractivity (Wildman–Crippen MR) is 47.7 cm³/mol. The molecule has 1 aromatic heterocycles. The molecular formula is C8H7BrF3NO. The maximum atomic E-state index is 12.2. The van der Waals surface area contributed by atoms with Crippen molar-refractivity contribution in [2.24, 2.45) is 0 Å². The second-order valence-electron chi connectivity index (χ2n) is 2.60. The summed E-state index contributed by atoms with van der Waals surface area (Å²) in [6, 6.07) is 2.17. The zero-order valence-electron chi connectivity index (χ0n) is 6.98. The Morgan fingerprint density at radius 1 is 1.36 bits per heavy atom. The summed E-state index contributed by atoms with van der Waals surface area (Å²) >= 11 is 3.06. The molecule has 1 N–H and O–H groups in total. The van der Waals surface area contributed by atoms with Crippen molar-refractivity contribution in [2.75, 3.05) is 6.61 Å². The molecule has 0 aliphatic rings. The van der Waals surface area contributed by atoms with Gasteiger partial charge in [0.05, 0.1) is 5.69 Å². The summed E-state index contributed by atoms with van der Waals surface area (Å²) in [5, 5.41) is 8.60. The van der Waals surface area contributed by atoms with Crippen LogP contribution in [-0.2, 0) is 12.6 Å². The van der Waals surface area contributed by atoms with Crippen molar-refractivity contribution in [3.63, 3.8) is 0 Å². The third-order valence-electron chi connectivity index (χ3n) is 1.56. The molecule has 1 heterocycles. The van der Waals surface area contributed by atoms with Crippen molar-refractivity contribution in [3.8, 4) is 0 Å². The van der Waals surface area contributed by atoms with Crippen molar-refractivity contribution in [2.45, 2.75) is 12.6 Å². The van der Waals surface area contributed by atoms with Crippen molar-refractivity contribution < 1.29 is 18.3 Å². The van der Waals surface area contributed by atoms with Gasteiger partial charge in [-0.25, -0.2) is 4.98 Å². The first-order valence-corrected chi connectivity index (χ1v) is 4.58. The van der Waals surface area contributed by atoms with Crippen LogP contribution in [0.15, 0.2) is 16.6 Å². The van der Waals surface area contributed by atoms with Crippen molar-refractivity contribution in [3.05, 3.63) is 28.0 Å². The molecule has 0 aliphatic carbocycles. The predicted octanol–water partition coefficient (Wildman–Crippen LogP) is 2.40. The van der Waals surface area contributed by atoms with E-state index in [4.69, 9.17) is 5.11 Å². The van der Waals surface area contributed by atoms with E-state index in [1.54, 1.807) is 0 Å². The average Bonchev–Trinajstić information content (AvgIpc) is 2.07. The highest BCUT2D eigenvalue weighted by Crippen LogP contribution is 2.29. The normalized spacial score (nSPS) is 11.8. The van der Waals surface area contributed by atoms with E-state index in [0.29, 0.717) is 4.47 Å². The van der Waals surface area contributed by atoms with Crippen LogP contribution in [0.3, 0.4) is 0 Å². The smallest absolute Gasteiger partial charge is 0.396 e. The molecule has 1 aromatic rings. The van der Waals surface area contributed by atoms with Crippen LogP contribution in [0.25, 0.3) is 0 Å². The molecule has 0 fully saturated rings. The zero-order valence-corrected chi connectivity index (χ0v) is 8.56. The van der Waals surface area contributed by atoms with Crippen molar-refractivity contribution in [1.29, 1.82) is 0 Å². The molecular weight excluding hydrogens is 263 g/mol. The number of nitrogens with zero attached hydrogens (tertiary/aromatic N) is 1. The summed E-state index contributed by atoms with van der Waals surface area (Å²) in [7, 11) is 0. The van der Waals surface area contributed by atoms with Crippen LogP contribution < -0.4 is 0 Å². The Bertz CT molecular complexity index is 327. The molecule has 78 valence electrons. The number of hydrogen-bond donors (Lipinski definition) is 1. The van der Waals surface area contributed by atoms with Crippen LogP contribution in [0.5, 0.6) is 0 Å². The van der Waals surface area contributed by atoms with Gasteiger partial charge in [-0.3, -0.25) is 0 Å². The fraction of sp³-hybridized carbons (Fsp3) is 0.375.